The largest absolute Gasteiger partial charge is 0.494 e. The number of nitrogens with one attached hydrogen (secondary N) is 1. The third kappa shape index (κ3) is 3.45. The van der Waals surface area contributed by atoms with E-state index >= 15 is 0 Å². The summed E-state index contributed by atoms with van der Waals surface area (Å²) >= 11 is 6.09. The van der Waals surface area contributed by atoms with Crippen LogP contribution in [0.2, 0.25) is 5.02 Å². The minimum Gasteiger partial charge on any atom is -0.494 e. The monoisotopic (exact) mass is 443 g/mol. The average molecular weight is 444 g/mol. The van der Waals surface area contributed by atoms with E-state index in [1.165, 1.54) is 0 Å². The number of hydrogen-bond donors (Lipinski definition) is 1. The first-order valence-corrected chi connectivity index (χ1v) is 10.9. The number of carbonyl (C=O) groups excluding carboxylic acids is 1. The second-order valence-electron chi connectivity index (χ2n) is 7.78. The van der Waals surface area contributed by atoms with Crippen molar-refractivity contribution >= 4 is 23.2 Å². The summed E-state index contributed by atoms with van der Waals surface area (Å²) in [5.41, 5.74) is 5.99. The summed E-state index contributed by atoms with van der Waals surface area (Å²) in [5, 5.41) is 8.16. The fraction of sp³-hybridized carbons (Fsp3) is 0.154. The van der Waals surface area contributed by atoms with Crippen LogP contribution in [0.15, 0.2) is 72.8 Å². The Hall–Kier alpha value is -3.57. The predicted molar refractivity (Wildman–Crippen MR) is 126 cm³/mol. The molecule has 1 aliphatic heterocycles. The van der Waals surface area contributed by atoms with Gasteiger partial charge in [-0.2, -0.15) is 5.10 Å². The molecule has 0 spiro atoms. The highest BCUT2D eigenvalue weighted by Gasteiger charge is 2.43. The maximum Gasteiger partial charge on any atom is 0.277 e. The van der Waals surface area contributed by atoms with Gasteiger partial charge in [-0.15, -0.1) is 0 Å². The number of carbonyl (C=O) groups is 1. The Balaban J connectivity index is 1.67. The van der Waals surface area contributed by atoms with Crippen LogP contribution in [0.3, 0.4) is 0 Å². The minimum absolute atomic E-state index is 0.101. The number of aromatic amines is 1. The van der Waals surface area contributed by atoms with Gasteiger partial charge in [-0.25, -0.2) is 0 Å². The molecule has 0 radical (unpaired) electrons. The molecule has 1 N–H and O–H groups in total. The van der Waals surface area contributed by atoms with Gasteiger partial charge in [-0.1, -0.05) is 53.6 Å². The summed E-state index contributed by atoms with van der Waals surface area (Å²) in [7, 11) is 0. The lowest BCUT2D eigenvalue weighted by atomic mass is 9.95. The molecule has 6 heteroatoms. The van der Waals surface area contributed by atoms with Crippen molar-refractivity contribution < 1.29 is 9.53 Å². The first-order valence-electron chi connectivity index (χ1n) is 10.5. The van der Waals surface area contributed by atoms with Crippen molar-refractivity contribution in [3.8, 4) is 17.0 Å². The van der Waals surface area contributed by atoms with Gasteiger partial charge in [0, 0.05) is 21.8 Å². The maximum absolute atomic E-state index is 13.5. The highest BCUT2D eigenvalue weighted by molar-refractivity contribution is 6.30. The molecule has 0 bridgehead atoms. The Morgan fingerprint density at radius 3 is 2.34 bits per heavy atom. The molecule has 0 fully saturated rings. The number of ether oxygens (including phenoxy) is 1. The van der Waals surface area contributed by atoms with Gasteiger partial charge in [0.1, 0.15) is 11.4 Å². The van der Waals surface area contributed by atoms with E-state index < -0.39 is 0 Å². The van der Waals surface area contributed by atoms with Crippen LogP contribution in [-0.4, -0.2) is 22.7 Å². The average Bonchev–Trinajstić information content (AvgIpc) is 3.35. The van der Waals surface area contributed by atoms with Crippen molar-refractivity contribution in [2.75, 3.05) is 11.5 Å². The van der Waals surface area contributed by atoms with Crippen molar-refractivity contribution in [2.45, 2.75) is 19.9 Å². The summed E-state index contributed by atoms with van der Waals surface area (Å²) in [6, 6.07) is 23.1. The Kier molecular flexibility index (Phi) is 5.19. The number of hydrogen-bond acceptors (Lipinski definition) is 3. The normalized spacial score (nSPS) is 15.2. The van der Waals surface area contributed by atoms with Crippen LogP contribution in [0.4, 0.5) is 5.69 Å². The van der Waals surface area contributed by atoms with Crippen molar-refractivity contribution in [1.82, 2.24) is 10.2 Å². The van der Waals surface area contributed by atoms with E-state index in [9.17, 15) is 4.79 Å². The molecule has 1 aromatic heterocycles. The van der Waals surface area contributed by atoms with Gasteiger partial charge in [0.15, 0.2) is 0 Å². The van der Waals surface area contributed by atoms with Crippen LogP contribution in [-0.2, 0) is 0 Å². The van der Waals surface area contributed by atoms with E-state index in [-0.39, 0.29) is 11.9 Å². The quantitative estimate of drug-likeness (QED) is 0.400. The van der Waals surface area contributed by atoms with Gasteiger partial charge >= 0.3 is 0 Å². The third-order valence-corrected chi connectivity index (χ3v) is 5.96. The standard InChI is InChI=1S/C26H22ClN3O2/c1-3-32-21-14-8-18(9-15-21)25-22-23(17-6-10-19(27)11-7-17)28-29-24(22)26(31)30(25)20-12-4-16(2)5-13-20/h4-15,25H,3H2,1-2H3,(H,28,29)/t25-/m0/s1. The van der Waals surface area contributed by atoms with Crippen molar-refractivity contribution in [3.05, 3.63) is 100 Å². The number of aryl methyl sites for hydroxylation is 1. The van der Waals surface area contributed by atoms with E-state index in [0.717, 1.165) is 39.4 Å². The first-order chi connectivity index (χ1) is 15.6. The molecule has 0 saturated carbocycles. The third-order valence-electron chi connectivity index (χ3n) is 5.70. The van der Waals surface area contributed by atoms with Crippen LogP contribution in [0.5, 0.6) is 5.75 Å². The molecule has 160 valence electrons. The lowest BCUT2D eigenvalue weighted by Crippen LogP contribution is -2.29. The summed E-state index contributed by atoms with van der Waals surface area (Å²) in [6.45, 7) is 4.59. The summed E-state index contributed by atoms with van der Waals surface area (Å²) in [6.07, 6.45) is 0. The molecule has 1 aliphatic rings. The second-order valence-corrected chi connectivity index (χ2v) is 8.22. The lowest BCUT2D eigenvalue weighted by molar-refractivity contribution is 0.0989. The molecule has 4 aromatic rings. The molecule has 3 aromatic carbocycles. The number of fused-ring (bicyclic) bond motifs is 1. The van der Waals surface area contributed by atoms with Gasteiger partial charge in [-0.05, 0) is 55.8 Å². The maximum atomic E-state index is 13.5. The predicted octanol–water partition coefficient (Wildman–Crippen LogP) is 6.19. The number of amides is 1. The molecule has 2 heterocycles. The van der Waals surface area contributed by atoms with Gasteiger partial charge in [0.2, 0.25) is 0 Å². The van der Waals surface area contributed by atoms with E-state index in [1.54, 1.807) is 0 Å². The van der Waals surface area contributed by atoms with Crippen LogP contribution >= 0.6 is 11.6 Å². The molecule has 0 unspecified atom stereocenters. The number of halogens is 1. The highest BCUT2D eigenvalue weighted by atomic mass is 35.5. The number of benzene rings is 3. The Morgan fingerprint density at radius 2 is 1.69 bits per heavy atom. The summed E-state index contributed by atoms with van der Waals surface area (Å²) < 4.78 is 5.62. The zero-order valence-corrected chi connectivity index (χ0v) is 18.6. The van der Waals surface area contributed by atoms with Crippen LogP contribution in [0, 0.1) is 6.92 Å². The molecule has 5 rings (SSSR count). The van der Waals surface area contributed by atoms with E-state index in [2.05, 4.69) is 10.2 Å². The molecular weight excluding hydrogens is 422 g/mol. The molecule has 0 aliphatic carbocycles. The van der Waals surface area contributed by atoms with Crippen LogP contribution < -0.4 is 9.64 Å². The number of anilines is 1. The smallest absolute Gasteiger partial charge is 0.277 e. The second kappa shape index (κ2) is 8.17. The van der Waals surface area contributed by atoms with Crippen molar-refractivity contribution in [3.63, 3.8) is 0 Å². The van der Waals surface area contributed by atoms with Crippen molar-refractivity contribution in [2.24, 2.45) is 0 Å². The molecule has 32 heavy (non-hydrogen) atoms. The molecular formula is C26H22ClN3O2. The Morgan fingerprint density at radius 1 is 1.00 bits per heavy atom. The highest BCUT2D eigenvalue weighted by Crippen LogP contribution is 2.45. The number of rotatable bonds is 5. The zero-order chi connectivity index (χ0) is 22.2. The van der Waals surface area contributed by atoms with Crippen LogP contribution in [0.25, 0.3) is 11.3 Å². The molecule has 1 atom stereocenters. The summed E-state index contributed by atoms with van der Waals surface area (Å²) in [5.74, 6) is 0.697. The van der Waals surface area contributed by atoms with Crippen molar-refractivity contribution in [1.29, 1.82) is 0 Å². The lowest BCUT2D eigenvalue weighted by Gasteiger charge is -2.26. The fourth-order valence-electron chi connectivity index (χ4n) is 4.17. The number of aromatic nitrogens is 2. The fourth-order valence-corrected chi connectivity index (χ4v) is 4.30. The van der Waals surface area contributed by atoms with Crippen LogP contribution in [0.1, 0.15) is 40.1 Å². The Bertz CT molecular complexity index is 1260. The minimum atomic E-state index is -0.319. The zero-order valence-electron chi connectivity index (χ0n) is 17.8. The molecule has 0 saturated heterocycles. The van der Waals surface area contributed by atoms with E-state index in [4.69, 9.17) is 16.3 Å². The topological polar surface area (TPSA) is 58.2 Å². The van der Waals surface area contributed by atoms with Gasteiger partial charge < -0.3 is 4.74 Å². The van der Waals surface area contributed by atoms with E-state index in [1.807, 2.05) is 91.5 Å². The number of H-pyrrole nitrogens is 1. The van der Waals surface area contributed by atoms with Gasteiger partial charge in [0.25, 0.3) is 5.91 Å². The summed E-state index contributed by atoms with van der Waals surface area (Å²) in [4.78, 5) is 15.4. The van der Waals surface area contributed by atoms with Gasteiger partial charge in [0.05, 0.1) is 18.3 Å². The van der Waals surface area contributed by atoms with Gasteiger partial charge in [-0.3, -0.25) is 14.8 Å². The molecule has 5 nitrogen and oxygen atoms in total. The molecule has 1 amide bonds. The first kappa shape index (κ1) is 20.3. The SMILES string of the molecule is CCOc1ccc([C@H]2c3c(-c4ccc(Cl)cc4)n[nH]c3C(=O)N2c2ccc(C)cc2)cc1. The Labute approximate surface area is 191 Å². The van der Waals surface area contributed by atoms with E-state index in [0.29, 0.717) is 17.3 Å². The number of nitrogens with zero attached hydrogens (tertiary/aromatic N) is 2.